The van der Waals surface area contributed by atoms with E-state index in [0.29, 0.717) is 11.8 Å². The van der Waals surface area contributed by atoms with Crippen LogP contribution in [0.5, 0.6) is 0 Å². The van der Waals surface area contributed by atoms with Crippen molar-refractivity contribution in [2.75, 3.05) is 5.32 Å². The highest BCUT2D eigenvalue weighted by atomic mass is 32.2. The molecule has 2 N–H and O–H groups in total. The fraction of sp³-hybridized carbons (Fsp3) is 0.318. The molecular weight excluding hydrogens is 382 g/mol. The molecule has 3 aromatic rings. The summed E-state index contributed by atoms with van der Waals surface area (Å²) >= 11 is 1.87. The molecule has 1 saturated carbocycles. The number of aromatic nitrogens is 3. The molecule has 150 valence electrons. The molecule has 2 amide bonds. The first-order valence-electron chi connectivity index (χ1n) is 9.98. The van der Waals surface area contributed by atoms with Crippen molar-refractivity contribution in [2.45, 2.75) is 48.4 Å². The van der Waals surface area contributed by atoms with Crippen molar-refractivity contribution in [3.8, 4) is 0 Å². The molecule has 1 unspecified atom stereocenters. The summed E-state index contributed by atoms with van der Waals surface area (Å²) in [4.78, 5) is 18.0. The molecule has 1 atom stereocenters. The first-order chi connectivity index (χ1) is 14.3. The van der Waals surface area contributed by atoms with Crippen LogP contribution in [0.15, 0.2) is 72.1 Å². The minimum absolute atomic E-state index is 0.215. The summed E-state index contributed by atoms with van der Waals surface area (Å²) in [5, 5.41) is 11.0. The van der Waals surface area contributed by atoms with Crippen molar-refractivity contribution in [1.29, 1.82) is 0 Å². The highest BCUT2D eigenvalue weighted by Crippen LogP contribution is 2.38. The van der Waals surface area contributed by atoms with E-state index in [0.717, 1.165) is 16.1 Å². The van der Waals surface area contributed by atoms with Crippen LogP contribution in [-0.4, -0.2) is 26.0 Å². The number of rotatable bonds is 7. The molecule has 6 nitrogen and oxygen atoms in total. The van der Waals surface area contributed by atoms with Gasteiger partial charge in [-0.15, -0.1) is 11.8 Å². The second-order valence-electron chi connectivity index (χ2n) is 7.20. The molecule has 1 aliphatic rings. The Morgan fingerprint density at radius 1 is 1.10 bits per heavy atom. The van der Waals surface area contributed by atoms with Crippen molar-refractivity contribution in [3.05, 3.63) is 72.8 Å². The lowest BCUT2D eigenvalue weighted by molar-refractivity contribution is 0.246. The van der Waals surface area contributed by atoms with Crippen molar-refractivity contribution in [1.82, 2.24) is 20.1 Å². The first kappa shape index (κ1) is 19.5. The van der Waals surface area contributed by atoms with E-state index in [1.807, 2.05) is 60.3 Å². The van der Waals surface area contributed by atoms with Gasteiger partial charge in [-0.2, -0.15) is 5.10 Å². The third kappa shape index (κ3) is 5.38. The monoisotopic (exact) mass is 407 g/mol. The van der Waals surface area contributed by atoms with Crippen LogP contribution in [0.3, 0.4) is 0 Å². The maximum atomic E-state index is 12.8. The number of carbonyl (C=O) groups excluding carboxylic acids is 1. The molecule has 0 spiro atoms. The van der Waals surface area contributed by atoms with Gasteiger partial charge in [0.2, 0.25) is 0 Å². The van der Waals surface area contributed by atoms with E-state index in [4.69, 9.17) is 0 Å². The number of urea groups is 1. The Morgan fingerprint density at radius 3 is 2.62 bits per heavy atom. The van der Waals surface area contributed by atoms with Gasteiger partial charge in [0.25, 0.3) is 0 Å². The molecule has 1 heterocycles. The minimum atomic E-state index is -0.224. The zero-order valence-corrected chi connectivity index (χ0v) is 17.0. The lowest BCUT2D eigenvalue weighted by Crippen LogP contribution is -2.35. The zero-order chi connectivity index (χ0) is 19.9. The molecule has 0 radical (unpaired) electrons. The molecule has 2 aromatic carbocycles. The number of thioether (sulfide) groups is 1. The van der Waals surface area contributed by atoms with Gasteiger partial charge in [-0.3, -0.25) is 4.68 Å². The molecule has 1 fully saturated rings. The van der Waals surface area contributed by atoms with Crippen molar-refractivity contribution in [2.24, 2.45) is 0 Å². The highest BCUT2D eigenvalue weighted by molar-refractivity contribution is 8.00. The van der Waals surface area contributed by atoms with Gasteiger partial charge < -0.3 is 10.6 Å². The van der Waals surface area contributed by atoms with Crippen LogP contribution in [0.1, 0.15) is 37.3 Å². The third-order valence-corrected chi connectivity index (χ3v) is 6.49. The van der Waals surface area contributed by atoms with Crippen molar-refractivity contribution >= 4 is 23.5 Å². The second kappa shape index (κ2) is 9.60. The number of benzene rings is 2. The van der Waals surface area contributed by atoms with Crippen molar-refractivity contribution in [3.63, 3.8) is 0 Å². The Hall–Kier alpha value is -2.80. The van der Waals surface area contributed by atoms with Crippen LogP contribution < -0.4 is 10.6 Å². The number of para-hydroxylation sites is 1. The minimum Gasteiger partial charge on any atom is -0.329 e. The van der Waals surface area contributed by atoms with Crippen molar-refractivity contribution < 1.29 is 4.79 Å². The molecule has 4 rings (SSSR count). The molecule has 7 heteroatoms. The fourth-order valence-corrected chi connectivity index (χ4v) is 4.94. The van der Waals surface area contributed by atoms with Crippen LogP contribution in [-0.2, 0) is 6.54 Å². The highest BCUT2D eigenvalue weighted by Gasteiger charge is 2.19. The predicted octanol–water partition coefficient (Wildman–Crippen LogP) is 4.88. The number of nitrogens with one attached hydrogen (secondary N) is 2. The van der Waals surface area contributed by atoms with Crippen LogP contribution in [0.25, 0.3) is 0 Å². The Bertz CT molecular complexity index is 910. The normalized spacial score (nSPS) is 15.2. The van der Waals surface area contributed by atoms with Gasteiger partial charge in [0, 0.05) is 10.1 Å². The molecule has 1 aromatic heterocycles. The average molecular weight is 408 g/mol. The lowest BCUT2D eigenvalue weighted by atomic mass is 10.1. The van der Waals surface area contributed by atoms with Gasteiger partial charge in [-0.1, -0.05) is 55.3 Å². The Morgan fingerprint density at radius 2 is 1.86 bits per heavy atom. The summed E-state index contributed by atoms with van der Waals surface area (Å²) in [5.41, 5.74) is 1.88. The number of hydrogen-bond acceptors (Lipinski definition) is 4. The van der Waals surface area contributed by atoms with E-state index in [1.165, 1.54) is 32.0 Å². The summed E-state index contributed by atoms with van der Waals surface area (Å²) in [6.45, 7) is 0.510. The van der Waals surface area contributed by atoms with E-state index in [-0.39, 0.29) is 12.1 Å². The van der Waals surface area contributed by atoms with Crippen LogP contribution in [0, 0.1) is 0 Å². The Kier molecular flexibility index (Phi) is 6.46. The smallest absolute Gasteiger partial charge is 0.319 e. The zero-order valence-electron chi connectivity index (χ0n) is 16.2. The van der Waals surface area contributed by atoms with E-state index in [1.54, 1.807) is 11.0 Å². The maximum Gasteiger partial charge on any atom is 0.319 e. The largest absolute Gasteiger partial charge is 0.329 e. The van der Waals surface area contributed by atoms with Gasteiger partial charge >= 0.3 is 6.03 Å². The molecule has 29 heavy (non-hydrogen) atoms. The quantitative estimate of drug-likeness (QED) is 0.586. The molecule has 1 aliphatic carbocycles. The van der Waals surface area contributed by atoms with E-state index in [2.05, 4.69) is 26.8 Å². The first-order valence-corrected chi connectivity index (χ1v) is 10.9. The van der Waals surface area contributed by atoms with Gasteiger partial charge in [-0.25, -0.2) is 9.78 Å². The summed E-state index contributed by atoms with van der Waals surface area (Å²) in [5.74, 6) is 0. The number of carbonyl (C=O) groups is 1. The van der Waals surface area contributed by atoms with E-state index in [9.17, 15) is 4.79 Å². The maximum absolute atomic E-state index is 12.8. The van der Waals surface area contributed by atoms with E-state index >= 15 is 0 Å². The number of hydrogen-bond donors (Lipinski definition) is 2. The SMILES string of the molecule is O=C(Nc1ccccc1SC1CCCC1)NC(Cn1cncn1)c1ccccc1. The average Bonchev–Trinajstić information content (AvgIpc) is 3.44. The Labute approximate surface area is 175 Å². The standard InChI is InChI=1S/C22H25N5OS/c28-22(25-19-12-6-7-13-21(19)29-18-10-4-5-11-18)26-20(14-27-16-23-15-24-27)17-8-2-1-3-9-17/h1-3,6-9,12-13,15-16,18,20H,4-5,10-11,14H2,(H2,25,26,28). The molecule has 0 bridgehead atoms. The number of anilines is 1. The third-order valence-electron chi connectivity index (χ3n) is 5.07. The molecular formula is C22H25N5OS. The summed E-state index contributed by atoms with van der Waals surface area (Å²) in [6, 6.07) is 17.5. The summed E-state index contributed by atoms with van der Waals surface area (Å²) < 4.78 is 1.72. The lowest BCUT2D eigenvalue weighted by Gasteiger charge is -2.20. The van der Waals surface area contributed by atoms with Crippen LogP contribution >= 0.6 is 11.8 Å². The summed E-state index contributed by atoms with van der Waals surface area (Å²) in [6.07, 6.45) is 8.25. The topological polar surface area (TPSA) is 71.8 Å². The fourth-order valence-electron chi connectivity index (χ4n) is 3.61. The van der Waals surface area contributed by atoms with Gasteiger partial charge in [-0.05, 0) is 30.5 Å². The van der Waals surface area contributed by atoms with E-state index < -0.39 is 0 Å². The predicted molar refractivity (Wildman–Crippen MR) is 116 cm³/mol. The van der Waals surface area contributed by atoms with Gasteiger partial charge in [0.15, 0.2) is 0 Å². The number of amides is 2. The molecule has 0 aliphatic heterocycles. The molecule has 0 saturated heterocycles. The Balaban J connectivity index is 1.45. The number of nitrogens with zero attached hydrogens (tertiary/aromatic N) is 3. The van der Waals surface area contributed by atoms with Crippen LogP contribution in [0.4, 0.5) is 10.5 Å². The second-order valence-corrected chi connectivity index (χ2v) is 8.54. The summed E-state index contributed by atoms with van der Waals surface area (Å²) in [7, 11) is 0. The van der Waals surface area contributed by atoms with Gasteiger partial charge in [0.05, 0.1) is 18.3 Å². The van der Waals surface area contributed by atoms with Gasteiger partial charge in [0.1, 0.15) is 12.7 Å². The van der Waals surface area contributed by atoms with Crippen LogP contribution in [0.2, 0.25) is 0 Å².